The summed E-state index contributed by atoms with van der Waals surface area (Å²) in [4.78, 5) is 10.6. The van der Waals surface area contributed by atoms with Crippen LogP contribution in [0.5, 0.6) is 0 Å². The minimum absolute atomic E-state index is 0.0878. The summed E-state index contributed by atoms with van der Waals surface area (Å²) in [6.07, 6.45) is 6.97. The number of hydrogen-bond acceptors (Lipinski definition) is 4. The zero-order chi connectivity index (χ0) is 14.2. The molecule has 1 atom stereocenters. The van der Waals surface area contributed by atoms with Crippen molar-refractivity contribution < 1.29 is 5.11 Å². The molecule has 2 aromatic rings. The monoisotopic (exact) mass is 269 g/mol. The van der Waals surface area contributed by atoms with E-state index in [4.69, 9.17) is 0 Å². The number of aliphatic hydroxyl groups is 1. The van der Waals surface area contributed by atoms with Gasteiger partial charge in [0.15, 0.2) is 0 Å². The number of β-amino-alcohol motifs (C(OH)–C–C–N with tert-alkyl or cyclic N) is 1. The van der Waals surface area contributed by atoms with E-state index in [9.17, 15) is 5.11 Å². The molecule has 1 saturated heterocycles. The summed E-state index contributed by atoms with van der Waals surface area (Å²) in [7, 11) is 0. The van der Waals surface area contributed by atoms with Gasteiger partial charge >= 0.3 is 0 Å². The van der Waals surface area contributed by atoms with Crippen LogP contribution in [0.3, 0.4) is 0 Å². The Hall–Kier alpha value is -1.94. The fourth-order valence-electron chi connectivity index (χ4n) is 2.71. The van der Waals surface area contributed by atoms with Crippen LogP contribution in [-0.4, -0.2) is 34.3 Å². The predicted molar refractivity (Wildman–Crippen MR) is 79.5 cm³/mol. The summed E-state index contributed by atoms with van der Waals surface area (Å²) in [6.45, 7) is 5.70. The van der Waals surface area contributed by atoms with E-state index < -0.39 is 0 Å². The lowest BCUT2D eigenvalue weighted by Crippen LogP contribution is -2.26. The minimum atomic E-state index is -0.308. The number of aromatic nitrogens is 2. The zero-order valence-electron chi connectivity index (χ0n) is 11.8. The van der Waals surface area contributed by atoms with Gasteiger partial charge in [0.1, 0.15) is 0 Å². The highest BCUT2D eigenvalue weighted by Crippen LogP contribution is 2.37. The maximum Gasteiger partial charge on any atom is 0.0782 e. The highest BCUT2D eigenvalue weighted by atomic mass is 16.3. The summed E-state index contributed by atoms with van der Waals surface area (Å²) in [5, 5.41) is 10.2. The van der Waals surface area contributed by atoms with Crippen LogP contribution < -0.4 is 4.90 Å². The lowest BCUT2D eigenvalue weighted by Gasteiger charge is -2.23. The quantitative estimate of drug-likeness (QED) is 0.909. The molecule has 4 nitrogen and oxygen atoms in total. The van der Waals surface area contributed by atoms with Crippen LogP contribution in [0.15, 0.2) is 43.0 Å². The van der Waals surface area contributed by atoms with Gasteiger partial charge in [-0.3, -0.25) is 9.97 Å². The molecule has 1 fully saturated rings. The number of pyridine rings is 2. The summed E-state index contributed by atoms with van der Waals surface area (Å²) in [5.74, 6) is 0. The summed E-state index contributed by atoms with van der Waals surface area (Å²) >= 11 is 0. The number of aliphatic hydroxyl groups excluding tert-OH is 1. The molecule has 0 aliphatic carbocycles. The Bertz CT molecular complexity index is 598. The van der Waals surface area contributed by atoms with Crippen molar-refractivity contribution in [2.75, 3.05) is 18.0 Å². The van der Waals surface area contributed by atoms with Crippen LogP contribution in [0, 0.1) is 5.41 Å². The second kappa shape index (κ2) is 4.87. The molecule has 0 aromatic carbocycles. The third kappa shape index (κ3) is 2.27. The molecule has 104 valence electrons. The van der Waals surface area contributed by atoms with E-state index >= 15 is 0 Å². The van der Waals surface area contributed by atoms with Gasteiger partial charge in [-0.15, -0.1) is 0 Å². The van der Waals surface area contributed by atoms with Crippen molar-refractivity contribution >= 4 is 5.69 Å². The predicted octanol–water partition coefficient (Wildman–Crippen LogP) is 2.35. The van der Waals surface area contributed by atoms with Crippen molar-refractivity contribution in [2.24, 2.45) is 5.41 Å². The number of hydrogen-bond donors (Lipinski definition) is 1. The van der Waals surface area contributed by atoms with Crippen LogP contribution in [-0.2, 0) is 0 Å². The molecule has 0 spiro atoms. The Morgan fingerprint density at radius 2 is 2.00 bits per heavy atom. The van der Waals surface area contributed by atoms with E-state index in [-0.39, 0.29) is 11.5 Å². The molecule has 1 N–H and O–H groups in total. The molecule has 0 amide bonds. The van der Waals surface area contributed by atoms with Gasteiger partial charge in [-0.25, -0.2) is 0 Å². The normalized spacial score (nSPS) is 21.1. The molecule has 3 rings (SSSR count). The summed E-state index contributed by atoms with van der Waals surface area (Å²) < 4.78 is 0. The Labute approximate surface area is 119 Å². The molecule has 3 heterocycles. The van der Waals surface area contributed by atoms with E-state index in [1.54, 1.807) is 12.4 Å². The number of anilines is 1. The molecule has 0 saturated carbocycles. The first-order valence-electron chi connectivity index (χ1n) is 6.85. The van der Waals surface area contributed by atoms with Gasteiger partial charge in [0, 0.05) is 60.1 Å². The number of nitrogens with zero attached hydrogens (tertiary/aromatic N) is 3. The molecule has 1 aliphatic heterocycles. The molecular formula is C16H19N3O. The van der Waals surface area contributed by atoms with Crippen molar-refractivity contribution in [1.82, 2.24) is 9.97 Å². The average Bonchev–Trinajstić information content (AvgIpc) is 2.74. The van der Waals surface area contributed by atoms with Crippen molar-refractivity contribution in [3.8, 4) is 11.1 Å². The Morgan fingerprint density at radius 1 is 1.20 bits per heavy atom. The van der Waals surface area contributed by atoms with Gasteiger partial charge in [-0.2, -0.15) is 0 Å². The van der Waals surface area contributed by atoms with Gasteiger partial charge in [0.05, 0.1) is 6.10 Å². The van der Waals surface area contributed by atoms with Gasteiger partial charge < -0.3 is 10.0 Å². The second-order valence-corrected chi connectivity index (χ2v) is 6.02. The van der Waals surface area contributed by atoms with Crippen molar-refractivity contribution in [3.05, 3.63) is 43.0 Å². The van der Waals surface area contributed by atoms with E-state index in [1.165, 1.54) is 0 Å². The molecule has 1 unspecified atom stereocenters. The van der Waals surface area contributed by atoms with Crippen molar-refractivity contribution in [1.29, 1.82) is 0 Å². The minimum Gasteiger partial charge on any atom is -0.391 e. The zero-order valence-corrected chi connectivity index (χ0v) is 11.8. The molecule has 1 aliphatic rings. The molecule has 4 heteroatoms. The maximum absolute atomic E-state index is 10.2. The van der Waals surface area contributed by atoms with Crippen molar-refractivity contribution in [2.45, 2.75) is 20.0 Å². The van der Waals surface area contributed by atoms with Gasteiger partial charge in [-0.05, 0) is 12.1 Å². The van der Waals surface area contributed by atoms with Crippen LogP contribution >= 0.6 is 0 Å². The Balaban J connectivity index is 2.00. The van der Waals surface area contributed by atoms with Gasteiger partial charge in [-0.1, -0.05) is 19.9 Å². The van der Waals surface area contributed by atoms with Crippen LogP contribution in [0.25, 0.3) is 11.1 Å². The molecule has 0 bridgehead atoms. The molecule has 2 aromatic heterocycles. The Morgan fingerprint density at radius 3 is 2.65 bits per heavy atom. The van der Waals surface area contributed by atoms with Gasteiger partial charge in [0.25, 0.3) is 0 Å². The standard InChI is InChI=1S/C16H19N3O/c1-16(2)11-19(10-15(16)20)14-5-7-18-9-13(14)12-4-3-6-17-8-12/h3-9,15,20H,10-11H2,1-2H3. The molecule has 20 heavy (non-hydrogen) atoms. The lowest BCUT2D eigenvalue weighted by atomic mass is 9.90. The first kappa shape index (κ1) is 13.1. The van der Waals surface area contributed by atoms with E-state index in [0.29, 0.717) is 6.54 Å². The van der Waals surface area contributed by atoms with Crippen LogP contribution in [0.2, 0.25) is 0 Å². The third-order valence-corrected chi connectivity index (χ3v) is 4.01. The highest BCUT2D eigenvalue weighted by Gasteiger charge is 2.38. The van der Waals surface area contributed by atoms with E-state index in [0.717, 1.165) is 23.4 Å². The van der Waals surface area contributed by atoms with E-state index in [1.807, 2.05) is 30.6 Å². The average molecular weight is 269 g/mol. The lowest BCUT2D eigenvalue weighted by molar-refractivity contribution is 0.0964. The largest absolute Gasteiger partial charge is 0.391 e. The first-order chi connectivity index (χ1) is 9.58. The molecular weight excluding hydrogens is 250 g/mol. The van der Waals surface area contributed by atoms with Crippen LogP contribution in [0.1, 0.15) is 13.8 Å². The van der Waals surface area contributed by atoms with Gasteiger partial charge in [0.2, 0.25) is 0 Å². The third-order valence-electron chi connectivity index (χ3n) is 4.01. The second-order valence-electron chi connectivity index (χ2n) is 6.02. The molecule has 0 radical (unpaired) electrons. The maximum atomic E-state index is 10.2. The number of rotatable bonds is 2. The summed E-state index contributed by atoms with van der Waals surface area (Å²) in [5.41, 5.74) is 3.13. The first-order valence-corrected chi connectivity index (χ1v) is 6.85. The Kier molecular flexibility index (Phi) is 3.18. The van der Waals surface area contributed by atoms with Crippen LogP contribution in [0.4, 0.5) is 5.69 Å². The SMILES string of the molecule is CC1(C)CN(c2ccncc2-c2cccnc2)CC1O. The topological polar surface area (TPSA) is 49.2 Å². The summed E-state index contributed by atoms with van der Waals surface area (Å²) in [6, 6.07) is 5.97. The van der Waals surface area contributed by atoms with E-state index in [2.05, 4.69) is 28.7 Å². The fourth-order valence-corrected chi connectivity index (χ4v) is 2.71. The smallest absolute Gasteiger partial charge is 0.0782 e. The van der Waals surface area contributed by atoms with Crippen molar-refractivity contribution in [3.63, 3.8) is 0 Å². The highest BCUT2D eigenvalue weighted by molar-refractivity contribution is 5.77. The fraction of sp³-hybridized carbons (Fsp3) is 0.375.